The summed E-state index contributed by atoms with van der Waals surface area (Å²) in [6, 6.07) is 8.75. The fourth-order valence-corrected chi connectivity index (χ4v) is 0.782. The van der Waals surface area contributed by atoms with Crippen molar-refractivity contribution >= 4 is 21.8 Å². The van der Waals surface area contributed by atoms with Crippen LogP contribution in [0.2, 0.25) is 0 Å². The van der Waals surface area contributed by atoms with Gasteiger partial charge in [-0.05, 0) is 4.86 Å². The zero-order chi connectivity index (χ0) is 7.40. The maximum Gasteiger partial charge on any atom is 0.245 e. The minimum atomic E-state index is 0.500. The van der Waals surface area contributed by atoms with E-state index in [0.717, 1.165) is 0 Å². The second-order valence-corrected chi connectivity index (χ2v) is 2.00. The highest BCUT2D eigenvalue weighted by Gasteiger charge is 1.97. The molecule has 0 aliphatic carbocycles. The average Bonchev–Trinajstić information content (AvgIpc) is 2.05. The van der Waals surface area contributed by atoms with Crippen molar-refractivity contribution in [1.82, 2.24) is 0 Å². The molecule has 0 fully saturated rings. The van der Waals surface area contributed by atoms with Crippen molar-refractivity contribution in [3.8, 4) is 0 Å². The minimum Gasteiger partial charge on any atom is -0.593 e. The summed E-state index contributed by atoms with van der Waals surface area (Å²) < 4.78 is 3.25. The summed E-state index contributed by atoms with van der Waals surface area (Å²) in [6.07, 6.45) is 0. The van der Waals surface area contributed by atoms with Crippen LogP contribution in [-0.2, 0) is 0 Å². The Bertz CT molecular complexity index is 235. The lowest BCUT2D eigenvalue weighted by Crippen LogP contribution is -1.86. The van der Waals surface area contributed by atoms with E-state index in [1.54, 1.807) is 24.3 Å². The maximum absolute atomic E-state index is 10.7. The molecule has 10 heavy (non-hydrogen) atoms. The van der Waals surface area contributed by atoms with Gasteiger partial charge in [0.2, 0.25) is 5.69 Å². The molecule has 0 aliphatic rings. The molecule has 52 valence electrons. The van der Waals surface area contributed by atoms with Crippen molar-refractivity contribution in [2.75, 3.05) is 0 Å². The largest absolute Gasteiger partial charge is 0.593 e. The Kier molecular flexibility index (Phi) is 2.39. The van der Waals surface area contributed by atoms with Crippen LogP contribution in [-0.4, -0.2) is 4.86 Å². The molecular weight excluding hydrogens is 196 g/mol. The molecule has 0 atom stereocenters. The molecule has 1 aromatic rings. The van der Waals surface area contributed by atoms with E-state index in [2.05, 4.69) is 20.3 Å². The van der Waals surface area contributed by atoms with Gasteiger partial charge >= 0.3 is 0 Å². The Morgan fingerprint density at radius 2 is 1.90 bits per heavy atom. The molecule has 0 radical (unpaired) electrons. The Balaban J connectivity index is 2.96. The summed E-state index contributed by atoms with van der Waals surface area (Å²) in [5.41, 5.74) is 0.513. The number of hydrogen-bond donors (Lipinski definition) is 0. The van der Waals surface area contributed by atoms with Crippen molar-refractivity contribution in [1.29, 1.82) is 0 Å². The van der Waals surface area contributed by atoms with Crippen LogP contribution in [0.1, 0.15) is 0 Å². The first-order valence-electron chi connectivity index (χ1n) is 2.69. The van der Waals surface area contributed by atoms with Gasteiger partial charge in [-0.1, -0.05) is 18.2 Å². The average molecular weight is 201 g/mol. The summed E-state index contributed by atoms with van der Waals surface area (Å²) >= 11 is 2.69. The number of nitrogens with zero attached hydrogens (tertiary/aromatic N) is 2. The van der Waals surface area contributed by atoms with Crippen molar-refractivity contribution in [3.05, 3.63) is 35.5 Å². The van der Waals surface area contributed by atoms with Gasteiger partial charge in [0.1, 0.15) is 0 Å². The van der Waals surface area contributed by atoms with E-state index < -0.39 is 0 Å². The molecule has 0 heterocycles. The maximum atomic E-state index is 10.7. The number of hydrogen-bond acceptors (Lipinski definition) is 2. The summed E-state index contributed by atoms with van der Waals surface area (Å²) in [4.78, 5) is 0.500. The third kappa shape index (κ3) is 1.54. The van der Waals surface area contributed by atoms with Crippen LogP contribution in [0.3, 0.4) is 0 Å². The van der Waals surface area contributed by atoms with Crippen molar-refractivity contribution in [2.24, 2.45) is 4.14 Å². The zero-order valence-electron chi connectivity index (χ0n) is 5.07. The van der Waals surface area contributed by atoms with Crippen LogP contribution < -0.4 is 0 Å². The normalized spacial score (nSPS) is 11.5. The third-order valence-electron chi connectivity index (χ3n) is 1.05. The molecular formula is C6H5BrN2O. The highest BCUT2D eigenvalue weighted by molar-refractivity contribution is 9.08. The van der Waals surface area contributed by atoms with E-state index in [1.807, 2.05) is 6.07 Å². The fourth-order valence-electron chi connectivity index (χ4n) is 0.599. The predicted octanol–water partition coefficient (Wildman–Crippen LogP) is 2.59. The zero-order valence-corrected chi connectivity index (χ0v) is 6.65. The van der Waals surface area contributed by atoms with Gasteiger partial charge in [-0.3, -0.25) is 0 Å². The van der Waals surface area contributed by atoms with Crippen LogP contribution in [0.15, 0.2) is 34.5 Å². The number of para-hydroxylation sites is 1. The summed E-state index contributed by atoms with van der Waals surface area (Å²) in [7, 11) is 0. The molecule has 1 aromatic carbocycles. The van der Waals surface area contributed by atoms with Gasteiger partial charge in [0, 0.05) is 12.1 Å². The van der Waals surface area contributed by atoms with E-state index in [4.69, 9.17) is 0 Å². The first-order valence-corrected chi connectivity index (χ1v) is 3.40. The van der Waals surface area contributed by atoms with Crippen LogP contribution in [0.4, 0.5) is 5.69 Å². The molecule has 0 aromatic heterocycles. The van der Waals surface area contributed by atoms with Gasteiger partial charge in [0.05, 0.1) is 4.14 Å². The minimum absolute atomic E-state index is 0.500. The van der Waals surface area contributed by atoms with Gasteiger partial charge in [-0.15, -0.1) is 0 Å². The molecule has 0 amide bonds. The van der Waals surface area contributed by atoms with Gasteiger partial charge in [-0.25, -0.2) is 0 Å². The number of halogens is 1. The smallest absolute Gasteiger partial charge is 0.245 e. The van der Waals surface area contributed by atoms with Crippen molar-refractivity contribution in [2.45, 2.75) is 0 Å². The number of benzene rings is 1. The summed E-state index contributed by atoms with van der Waals surface area (Å²) in [5.74, 6) is 0. The Morgan fingerprint density at radius 3 is 2.40 bits per heavy atom. The molecule has 0 unspecified atom stereocenters. The Morgan fingerprint density at radius 1 is 1.30 bits per heavy atom. The van der Waals surface area contributed by atoms with E-state index >= 15 is 0 Å². The molecule has 3 nitrogen and oxygen atoms in total. The summed E-state index contributed by atoms with van der Waals surface area (Å²) in [6.45, 7) is 0. The fraction of sp³-hybridized carbons (Fsp3) is 0. The van der Waals surface area contributed by atoms with Crippen LogP contribution in [0.5, 0.6) is 0 Å². The first kappa shape index (κ1) is 7.21. The molecule has 0 saturated carbocycles. The SMILES string of the molecule is [O-]/[N+](=N\Br)c1ccccc1. The van der Waals surface area contributed by atoms with Crippen LogP contribution in [0, 0.1) is 5.21 Å². The Hall–Kier alpha value is -0.900. The summed E-state index contributed by atoms with van der Waals surface area (Å²) in [5, 5.41) is 10.7. The van der Waals surface area contributed by atoms with E-state index in [1.165, 1.54) is 0 Å². The van der Waals surface area contributed by atoms with E-state index in [0.29, 0.717) is 10.5 Å². The molecule has 0 spiro atoms. The molecule has 4 heteroatoms. The lowest BCUT2D eigenvalue weighted by molar-refractivity contribution is -0.427. The van der Waals surface area contributed by atoms with Gasteiger partial charge < -0.3 is 5.21 Å². The molecule has 0 bridgehead atoms. The van der Waals surface area contributed by atoms with Gasteiger partial charge in [0.25, 0.3) is 0 Å². The van der Waals surface area contributed by atoms with Crippen LogP contribution >= 0.6 is 16.1 Å². The highest BCUT2D eigenvalue weighted by atomic mass is 79.9. The molecule has 0 N–H and O–H groups in total. The molecule has 0 saturated heterocycles. The van der Waals surface area contributed by atoms with E-state index in [-0.39, 0.29) is 0 Å². The molecule has 0 aliphatic heterocycles. The third-order valence-corrected chi connectivity index (χ3v) is 1.33. The van der Waals surface area contributed by atoms with Crippen molar-refractivity contribution < 1.29 is 4.86 Å². The first-order chi connectivity index (χ1) is 4.84. The lowest BCUT2D eigenvalue weighted by atomic mass is 10.3. The topological polar surface area (TPSA) is 38.4 Å². The van der Waals surface area contributed by atoms with Crippen molar-refractivity contribution in [3.63, 3.8) is 0 Å². The molecule has 1 rings (SSSR count). The highest BCUT2D eigenvalue weighted by Crippen LogP contribution is 2.10. The van der Waals surface area contributed by atoms with Crippen LogP contribution in [0.25, 0.3) is 0 Å². The monoisotopic (exact) mass is 200 g/mol. The second kappa shape index (κ2) is 3.31. The standard InChI is InChI=1S/C6H5BrN2O/c7-8-9(10)6-4-2-1-3-5-6/h1-5H/b9-8-. The predicted molar refractivity (Wildman–Crippen MR) is 41.1 cm³/mol. The van der Waals surface area contributed by atoms with Gasteiger partial charge in [0.15, 0.2) is 16.1 Å². The van der Waals surface area contributed by atoms with E-state index in [9.17, 15) is 5.21 Å². The lowest BCUT2D eigenvalue weighted by Gasteiger charge is -1.94. The Labute approximate surface area is 66.9 Å². The number of rotatable bonds is 1. The quantitative estimate of drug-likeness (QED) is 0.391. The van der Waals surface area contributed by atoms with Gasteiger partial charge in [-0.2, -0.15) is 0 Å². The second-order valence-electron chi connectivity index (χ2n) is 1.68.